The van der Waals surface area contributed by atoms with E-state index >= 15 is 0 Å². The van der Waals surface area contributed by atoms with E-state index < -0.39 is 0 Å². The molecule has 0 saturated heterocycles. The highest BCUT2D eigenvalue weighted by Crippen LogP contribution is 2.62. The molecule has 3 nitrogen and oxygen atoms in total. The van der Waals surface area contributed by atoms with Gasteiger partial charge in [0.25, 0.3) is 0 Å². The molecule has 1 spiro atoms. The van der Waals surface area contributed by atoms with Crippen molar-refractivity contribution in [3.05, 3.63) is 138 Å². The van der Waals surface area contributed by atoms with Crippen LogP contribution in [-0.2, 0) is 5.41 Å². The van der Waals surface area contributed by atoms with Crippen molar-refractivity contribution in [3.63, 3.8) is 0 Å². The first-order chi connectivity index (χ1) is 17.3. The summed E-state index contributed by atoms with van der Waals surface area (Å²) in [6.07, 6.45) is 1.49. The van der Waals surface area contributed by atoms with E-state index in [-0.39, 0.29) is 5.41 Å². The second kappa shape index (κ2) is 6.71. The predicted octanol–water partition coefficient (Wildman–Crippen LogP) is 7.91. The third-order valence-electron chi connectivity index (χ3n) is 7.62. The molecule has 0 bridgehead atoms. The first-order valence-corrected chi connectivity index (χ1v) is 11.9. The van der Waals surface area contributed by atoms with E-state index in [0.29, 0.717) is 0 Å². The molecule has 5 aromatic carbocycles. The lowest BCUT2D eigenvalue weighted by Gasteiger charge is -2.30. The number of hydrogen-bond acceptors (Lipinski definition) is 3. The van der Waals surface area contributed by atoms with Crippen molar-refractivity contribution < 1.29 is 4.42 Å². The zero-order valence-electron chi connectivity index (χ0n) is 18.8. The van der Waals surface area contributed by atoms with Crippen molar-refractivity contribution in [2.75, 3.05) is 5.32 Å². The first kappa shape index (κ1) is 18.8. The number of rotatable bonds is 2. The number of anilines is 2. The first-order valence-electron chi connectivity index (χ1n) is 11.9. The second-order valence-electron chi connectivity index (χ2n) is 9.31. The van der Waals surface area contributed by atoms with E-state index in [9.17, 15) is 0 Å². The van der Waals surface area contributed by atoms with E-state index in [1.54, 1.807) is 0 Å². The van der Waals surface area contributed by atoms with Crippen LogP contribution in [0.4, 0.5) is 11.4 Å². The van der Waals surface area contributed by atoms with Crippen LogP contribution >= 0.6 is 0 Å². The molecule has 1 heterocycles. The van der Waals surface area contributed by atoms with E-state index in [0.717, 1.165) is 22.5 Å². The van der Waals surface area contributed by atoms with Gasteiger partial charge in [-0.3, -0.25) is 0 Å². The molecule has 164 valence electrons. The Labute approximate surface area is 202 Å². The molecule has 1 N–H and O–H groups in total. The number of fused-ring (bicyclic) bond motifs is 11. The Balaban J connectivity index is 1.39. The molecule has 35 heavy (non-hydrogen) atoms. The summed E-state index contributed by atoms with van der Waals surface area (Å²) in [5.41, 5.74) is 14.0. The molecule has 6 aromatic rings. The smallest absolute Gasteiger partial charge is 0.181 e. The van der Waals surface area contributed by atoms with Gasteiger partial charge in [0.15, 0.2) is 12.0 Å². The Kier molecular flexibility index (Phi) is 3.59. The minimum absolute atomic E-state index is 0.328. The van der Waals surface area contributed by atoms with Crippen LogP contribution in [-0.4, -0.2) is 4.98 Å². The molecule has 0 fully saturated rings. The Morgan fingerprint density at radius 3 is 1.74 bits per heavy atom. The summed E-state index contributed by atoms with van der Waals surface area (Å²) in [6.45, 7) is 0. The Hall–Kier alpha value is -4.63. The summed E-state index contributed by atoms with van der Waals surface area (Å²) in [5.74, 6) is 0. The van der Waals surface area contributed by atoms with Crippen molar-refractivity contribution in [3.8, 4) is 22.3 Å². The van der Waals surface area contributed by atoms with Gasteiger partial charge in [0.1, 0.15) is 5.52 Å². The zero-order chi connectivity index (χ0) is 23.0. The van der Waals surface area contributed by atoms with Gasteiger partial charge in [-0.15, -0.1) is 0 Å². The van der Waals surface area contributed by atoms with Gasteiger partial charge < -0.3 is 9.73 Å². The summed E-state index contributed by atoms with van der Waals surface area (Å²) in [7, 11) is 0. The average Bonchev–Trinajstić information content (AvgIpc) is 3.58. The molecular weight excluding hydrogens is 428 g/mol. The fourth-order valence-corrected chi connectivity index (χ4v) is 6.27. The van der Waals surface area contributed by atoms with Crippen LogP contribution in [0.25, 0.3) is 33.4 Å². The number of oxazole rings is 1. The maximum atomic E-state index is 5.52. The third-order valence-corrected chi connectivity index (χ3v) is 7.62. The molecule has 1 aromatic heterocycles. The zero-order valence-corrected chi connectivity index (χ0v) is 18.8. The fourth-order valence-electron chi connectivity index (χ4n) is 6.27. The van der Waals surface area contributed by atoms with Crippen LogP contribution in [0.5, 0.6) is 0 Å². The summed E-state index contributed by atoms with van der Waals surface area (Å²) < 4.78 is 5.52. The second-order valence-corrected chi connectivity index (χ2v) is 9.31. The highest BCUT2D eigenvalue weighted by atomic mass is 16.3. The van der Waals surface area contributed by atoms with Gasteiger partial charge in [0.05, 0.1) is 5.41 Å². The van der Waals surface area contributed by atoms with Crippen molar-refractivity contribution in [2.45, 2.75) is 5.41 Å². The minimum atomic E-state index is -0.328. The van der Waals surface area contributed by atoms with E-state index in [2.05, 4.69) is 101 Å². The molecule has 0 unspecified atom stereocenters. The van der Waals surface area contributed by atoms with Crippen molar-refractivity contribution in [1.29, 1.82) is 0 Å². The normalized spacial score (nSPS) is 13.9. The van der Waals surface area contributed by atoms with E-state index in [4.69, 9.17) is 4.42 Å². The van der Waals surface area contributed by atoms with Crippen molar-refractivity contribution in [2.24, 2.45) is 0 Å². The Bertz CT molecular complexity index is 1730. The number of aromatic nitrogens is 1. The number of benzene rings is 5. The monoisotopic (exact) mass is 448 g/mol. The maximum Gasteiger partial charge on any atom is 0.181 e. The summed E-state index contributed by atoms with van der Waals surface area (Å²) in [5, 5.41) is 3.61. The Morgan fingerprint density at radius 1 is 0.543 bits per heavy atom. The quantitative estimate of drug-likeness (QED) is 0.292. The lowest BCUT2D eigenvalue weighted by atomic mass is 9.70. The topological polar surface area (TPSA) is 38.1 Å². The third kappa shape index (κ3) is 2.37. The number of nitrogens with one attached hydrogen (secondary N) is 1. The number of hydrogen-bond donors (Lipinski definition) is 1. The molecular formula is C32H20N2O. The fraction of sp³-hybridized carbons (Fsp3) is 0.0312. The van der Waals surface area contributed by atoms with Crippen LogP contribution in [0, 0.1) is 0 Å². The van der Waals surface area contributed by atoms with E-state index in [1.807, 2.05) is 18.2 Å². The summed E-state index contributed by atoms with van der Waals surface area (Å²) in [4.78, 5) is 4.23. The molecule has 2 aliphatic rings. The van der Waals surface area contributed by atoms with Crippen LogP contribution in [0.15, 0.2) is 120 Å². The van der Waals surface area contributed by atoms with Crippen molar-refractivity contribution in [1.82, 2.24) is 4.98 Å². The molecule has 3 heteroatoms. The summed E-state index contributed by atoms with van der Waals surface area (Å²) in [6, 6.07) is 39.4. The maximum absolute atomic E-state index is 5.52. The summed E-state index contributed by atoms with van der Waals surface area (Å²) >= 11 is 0. The molecule has 0 atom stereocenters. The van der Waals surface area contributed by atoms with Gasteiger partial charge in [-0.1, -0.05) is 78.9 Å². The SMILES string of the molecule is c1ccc2c(c1)-c1ccccc1C21c2ccccc2-c2ccc(Nc3ccc4ncoc4c3)cc21. The molecule has 2 aliphatic carbocycles. The van der Waals surface area contributed by atoms with Gasteiger partial charge >= 0.3 is 0 Å². The molecule has 0 amide bonds. The molecule has 0 radical (unpaired) electrons. The molecule has 8 rings (SSSR count). The average molecular weight is 449 g/mol. The van der Waals surface area contributed by atoms with Gasteiger partial charge in [0.2, 0.25) is 0 Å². The predicted molar refractivity (Wildman–Crippen MR) is 140 cm³/mol. The highest BCUT2D eigenvalue weighted by molar-refractivity contribution is 5.95. The molecule has 0 aliphatic heterocycles. The largest absolute Gasteiger partial charge is 0.443 e. The van der Waals surface area contributed by atoms with Gasteiger partial charge in [-0.25, -0.2) is 4.98 Å². The lowest BCUT2D eigenvalue weighted by molar-refractivity contribution is 0.602. The lowest BCUT2D eigenvalue weighted by Crippen LogP contribution is -2.25. The number of nitrogens with zero attached hydrogens (tertiary/aromatic N) is 1. The Morgan fingerprint density at radius 2 is 1.09 bits per heavy atom. The van der Waals surface area contributed by atoms with Crippen molar-refractivity contribution >= 4 is 22.5 Å². The van der Waals surface area contributed by atoms with Gasteiger partial charge in [-0.05, 0) is 68.8 Å². The van der Waals surface area contributed by atoms with Crippen LogP contribution in [0.3, 0.4) is 0 Å². The van der Waals surface area contributed by atoms with Gasteiger partial charge in [0, 0.05) is 17.4 Å². The van der Waals surface area contributed by atoms with Crippen LogP contribution in [0.2, 0.25) is 0 Å². The van der Waals surface area contributed by atoms with Crippen LogP contribution < -0.4 is 5.32 Å². The van der Waals surface area contributed by atoms with Crippen LogP contribution in [0.1, 0.15) is 22.3 Å². The minimum Gasteiger partial charge on any atom is -0.443 e. The van der Waals surface area contributed by atoms with E-state index in [1.165, 1.54) is 50.9 Å². The molecule has 0 saturated carbocycles. The highest BCUT2D eigenvalue weighted by Gasteiger charge is 2.51. The van der Waals surface area contributed by atoms with Gasteiger partial charge in [-0.2, -0.15) is 0 Å². The standard InChI is InChI=1S/C32H20N2O/c1-4-10-26-22(7-1)23-8-2-5-11-27(23)32(26)28-12-6-3-9-24(28)25-15-13-20(17-29(25)32)34-21-14-16-30-31(18-21)35-19-33-30/h1-19,34H.